The molecule has 0 amide bonds. The van der Waals surface area contributed by atoms with E-state index in [0.29, 0.717) is 6.54 Å². The van der Waals surface area contributed by atoms with Crippen LogP contribution in [0.1, 0.15) is 11.3 Å². The van der Waals surface area contributed by atoms with Gasteiger partial charge in [0.25, 0.3) is 0 Å². The summed E-state index contributed by atoms with van der Waals surface area (Å²) in [5.74, 6) is 2.41. The molecule has 23 heavy (non-hydrogen) atoms. The second-order valence-corrected chi connectivity index (χ2v) is 5.64. The van der Waals surface area contributed by atoms with Crippen LogP contribution in [0.4, 0.5) is 0 Å². The van der Waals surface area contributed by atoms with Crippen LogP contribution in [0.3, 0.4) is 0 Å². The summed E-state index contributed by atoms with van der Waals surface area (Å²) in [6.07, 6.45) is 6.62. The highest BCUT2D eigenvalue weighted by atomic mass is 16.5. The van der Waals surface area contributed by atoms with E-state index in [9.17, 15) is 5.11 Å². The van der Waals surface area contributed by atoms with E-state index in [4.69, 9.17) is 11.2 Å². The van der Waals surface area contributed by atoms with Gasteiger partial charge in [-0.3, -0.25) is 4.90 Å². The fourth-order valence-corrected chi connectivity index (χ4v) is 2.52. The molecule has 1 unspecified atom stereocenters. The summed E-state index contributed by atoms with van der Waals surface area (Å²) in [6, 6.07) is 14.4. The number of hydrogen-bond donors (Lipinski definition) is 1. The third-order valence-electron chi connectivity index (χ3n) is 3.65. The van der Waals surface area contributed by atoms with Gasteiger partial charge in [0, 0.05) is 38.6 Å². The molecular formula is C19H24N2O2. The maximum absolute atomic E-state index is 10.2. The molecule has 1 heterocycles. The normalized spacial score (nSPS) is 12.3. The average molecular weight is 312 g/mol. The van der Waals surface area contributed by atoms with Gasteiger partial charge in [0.15, 0.2) is 0 Å². The highest BCUT2D eigenvalue weighted by Gasteiger charge is 2.14. The molecule has 0 aliphatic carbocycles. The third-order valence-corrected chi connectivity index (χ3v) is 3.65. The molecule has 1 N–H and O–H groups in total. The van der Waals surface area contributed by atoms with Gasteiger partial charge in [0.2, 0.25) is 0 Å². The zero-order valence-corrected chi connectivity index (χ0v) is 13.6. The van der Waals surface area contributed by atoms with Crippen LogP contribution in [0.25, 0.3) is 0 Å². The molecule has 1 aromatic carbocycles. The smallest absolute Gasteiger partial charge is 0.107 e. The lowest BCUT2D eigenvalue weighted by Gasteiger charge is -2.25. The Labute approximate surface area is 138 Å². The van der Waals surface area contributed by atoms with Gasteiger partial charge >= 0.3 is 0 Å². The number of nitrogens with zero attached hydrogens (tertiary/aromatic N) is 2. The van der Waals surface area contributed by atoms with Crippen LogP contribution in [0.2, 0.25) is 0 Å². The summed E-state index contributed by atoms with van der Waals surface area (Å²) < 4.78 is 7.33. The summed E-state index contributed by atoms with van der Waals surface area (Å²) in [5, 5.41) is 10.2. The molecular weight excluding hydrogens is 288 g/mol. The average Bonchev–Trinajstić information content (AvgIpc) is 2.93. The number of ether oxygens (including phenoxy) is 1. The molecule has 2 aromatic rings. The van der Waals surface area contributed by atoms with Crippen molar-refractivity contribution in [2.45, 2.75) is 19.2 Å². The lowest BCUT2D eigenvalue weighted by molar-refractivity contribution is 0.0239. The van der Waals surface area contributed by atoms with Crippen molar-refractivity contribution >= 4 is 0 Å². The summed E-state index contributed by atoms with van der Waals surface area (Å²) in [5.41, 5.74) is 2.43. The van der Waals surface area contributed by atoms with E-state index in [1.165, 1.54) is 11.3 Å². The molecule has 0 radical (unpaired) electrons. The zero-order valence-electron chi connectivity index (χ0n) is 13.6. The van der Waals surface area contributed by atoms with E-state index < -0.39 is 6.10 Å². The van der Waals surface area contributed by atoms with Crippen LogP contribution in [0, 0.1) is 12.3 Å². The topological polar surface area (TPSA) is 37.6 Å². The third kappa shape index (κ3) is 5.91. The van der Waals surface area contributed by atoms with Crippen molar-refractivity contribution < 1.29 is 9.84 Å². The van der Waals surface area contributed by atoms with E-state index >= 15 is 0 Å². The van der Waals surface area contributed by atoms with E-state index in [0.717, 1.165) is 13.1 Å². The Morgan fingerprint density at radius 1 is 1.22 bits per heavy atom. The summed E-state index contributed by atoms with van der Waals surface area (Å²) in [7, 11) is 2.03. The van der Waals surface area contributed by atoms with Gasteiger partial charge in [-0.2, -0.15) is 0 Å². The summed E-state index contributed by atoms with van der Waals surface area (Å²) >= 11 is 0. The quantitative estimate of drug-likeness (QED) is 0.569. The van der Waals surface area contributed by atoms with Crippen molar-refractivity contribution in [1.82, 2.24) is 9.47 Å². The standard InChI is InChI=1S/C19H24N2O2/c1-3-12-23-16-19(22)15-21(13-17-8-5-4-6-9-17)14-18-10-7-11-20(18)2/h1,4-11,19,22H,12-16H2,2H3. The Bertz CT molecular complexity index is 616. The molecule has 1 atom stereocenters. The van der Waals surface area contributed by atoms with Crippen molar-refractivity contribution in [3.63, 3.8) is 0 Å². The number of aryl methyl sites for hydroxylation is 1. The first-order valence-electron chi connectivity index (χ1n) is 7.75. The molecule has 0 aliphatic rings. The first kappa shape index (κ1) is 17.3. The predicted octanol–water partition coefficient (Wildman–Crippen LogP) is 2.04. The Morgan fingerprint density at radius 3 is 2.65 bits per heavy atom. The van der Waals surface area contributed by atoms with Crippen molar-refractivity contribution in [3.05, 3.63) is 59.9 Å². The van der Waals surface area contributed by atoms with Crippen LogP contribution in [0.15, 0.2) is 48.7 Å². The van der Waals surface area contributed by atoms with Gasteiger partial charge < -0.3 is 14.4 Å². The molecule has 0 fully saturated rings. The maximum Gasteiger partial charge on any atom is 0.107 e. The number of aromatic nitrogens is 1. The second kappa shape index (κ2) is 9.16. The molecule has 4 nitrogen and oxygen atoms in total. The zero-order chi connectivity index (χ0) is 16.5. The Balaban J connectivity index is 1.99. The SMILES string of the molecule is C#CCOCC(O)CN(Cc1ccccc1)Cc1cccn1C. The Hall–Kier alpha value is -2.06. The van der Waals surface area contributed by atoms with Gasteiger partial charge in [-0.05, 0) is 17.7 Å². The molecule has 0 spiro atoms. The minimum absolute atomic E-state index is 0.230. The number of terminal acetylenes is 1. The van der Waals surface area contributed by atoms with Crippen LogP contribution >= 0.6 is 0 Å². The Morgan fingerprint density at radius 2 is 2.00 bits per heavy atom. The first-order valence-corrected chi connectivity index (χ1v) is 7.75. The van der Waals surface area contributed by atoms with Crippen molar-refractivity contribution in [2.24, 2.45) is 7.05 Å². The van der Waals surface area contributed by atoms with Gasteiger partial charge in [0.1, 0.15) is 6.61 Å². The fourth-order valence-electron chi connectivity index (χ4n) is 2.52. The monoisotopic (exact) mass is 312 g/mol. The van der Waals surface area contributed by atoms with Crippen LogP contribution in [-0.2, 0) is 24.9 Å². The highest BCUT2D eigenvalue weighted by molar-refractivity contribution is 5.15. The number of aliphatic hydroxyl groups is 1. The largest absolute Gasteiger partial charge is 0.389 e. The Kier molecular flexibility index (Phi) is 6.89. The van der Waals surface area contributed by atoms with E-state index in [1.807, 2.05) is 37.5 Å². The lowest BCUT2D eigenvalue weighted by atomic mass is 10.2. The van der Waals surface area contributed by atoms with Crippen molar-refractivity contribution in [2.75, 3.05) is 19.8 Å². The predicted molar refractivity (Wildman–Crippen MR) is 91.6 cm³/mol. The minimum atomic E-state index is -0.563. The molecule has 1 aromatic heterocycles. The van der Waals surface area contributed by atoms with Gasteiger partial charge in [-0.1, -0.05) is 36.3 Å². The first-order chi connectivity index (χ1) is 11.2. The summed E-state index contributed by atoms with van der Waals surface area (Å²) in [4.78, 5) is 2.22. The summed E-state index contributed by atoms with van der Waals surface area (Å²) in [6.45, 7) is 2.56. The van der Waals surface area contributed by atoms with Crippen LogP contribution in [-0.4, -0.2) is 40.4 Å². The number of aliphatic hydroxyl groups excluding tert-OH is 1. The van der Waals surface area contributed by atoms with Gasteiger partial charge in [-0.25, -0.2) is 0 Å². The fraction of sp³-hybridized carbons (Fsp3) is 0.368. The van der Waals surface area contributed by atoms with E-state index in [2.05, 4.69) is 33.6 Å². The van der Waals surface area contributed by atoms with Crippen molar-refractivity contribution in [1.29, 1.82) is 0 Å². The van der Waals surface area contributed by atoms with Crippen LogP contribution < -0.4 is 0 Å². The lowest BCUT2D eigenvalue weighted by Crippen LogP contribution is -2.34. The van der Waals surface area contributed by atoms with E-state index in [1.54, 1.807) is 0 Å². The van der Waals surface area contributed by atoms with Gasteiger partial charge in [-0.15, -0.1) is 6.42 Å². The van der Waals surface area contributed by atoms with E-state index in [-0.39, 0.29) is 13.2 Å². The molecule has 2 rings (SSSR count). The second-order valence-electron chi connectivity index (χ2n) is 5.64. The highest BCUT2D eigenvalue weighted by Crippen LogP contribution is 2.11. The minimum Gasteiger partial charge on any atom is -0.389 e. The van der Waals surface area contributed by atoms with Gasteiger partial charge in [0.05, 0.1) is 12.7 Å². The molecule has 4 heteroatoms. The molecule has 0 saturated heterocycles. The molecule has 0 aliphatic heterocycles. The van der Waals surface area contributed by atoms with Crippen LogP contribution in [0.5, 0.6) is 0 Å². The van der Waals surface area contributed by atoms with Crippen molar-refractivity contribution in [3.8, 4) is 12.3 Å². The molecule has 0 bridgehead atoms. The number of hydrogen-bond acceptors (Lipinski definition) is 3. The number of benzene rings is 1. The number of rotatable bonds is 9. The maximum atomic E-state index is 10.2. The molecule has 122 valence electrons. The molecule has 0 saturated carbocycles.